The quantitative estimate of drug-likeness (QED) is 0.787. The van der Waals surface area contributed by atoms with Gasteiger partial charge in [0.1, 0.15) is 6.26 Å². The Balaban J connectivity index is 1.90. The predicted molar refractivity (Wildman–Crippen MR) is 72.1 cm³/mol. The number of amides is 1. The van der Waals surface area contributed by atoms with E-state index in [2.05, 4.69) is 15.6 Å². The van der Waals surface area contributed by atoms with Crippen LogP contribution in [-0.4, -0.2) is 42.5 Å². The number of carbonyl (C=O) groups excluding carboxylic acids is 1. The van der Waals surface area contributed by atoms with Gasteiger partial charge in [0.15, 0.2) is 11.6 Å². The zero-order valence-corrected chi connectivity index (χ0v) is 11.4. The summed E-state index contributed by atoms with van der Waals surface area (Å²) in [5, 5.41) is 6.13. The summed E-state index contributed by atoms with van der Waals surface area (Å²) in [5.41, 5.74) is 0.386. The predicted octanol–water partition coefficient (Wildman–Crippen LogP) is 1.23. The van der Waals surface area contributed by atoms with Gasteiger partial charge in [0.2, 0.25) is 0 Å². The van der Waals surface area contributed by atoms with Crippen molar-refractivity contribution in [2.24, 2.45) is 0 Å². The fourth-order valence-corrected chi connectivity index (χ4v) is 2.31. The molecule has 1 amide bonds. The SMILES string of the molecule is CSCCNC(=O)c1coc(C2CCCNC2)n1. The number of piperidine rings is 1. The highest BCUT2D eigenvalue weighted by atomic mass is 32.2. The van der Waals surface area contributed by atoms with Gasteiger partial charge in [-0.3, -0.25) is 4.79 Å². The number of nitrogens with one attached hydrogen (secondary N) is 2. The molecule has 18 heavy (non-hydrogen) atoms. The van der Waals surface area contributed by atoms with Gasteiger partial charge in [0.25, 0.3) is 5.91 Å². The van der Waals surface area contributed by atoms with Crippen molar-refractivity contribution < 1.29 is 9.21 Å². The van der Waals surface area contributed by atoms with Gasteiger partial charge in [0.05, 0.1) is 0 Å². The van der Waals surface area contributed by atoms with Crippen molar-refractivity contribution in [2.75, 3.05) is 31.6 Å². The molecule has 0 radical (unpaired) electrons. The molecule has 1 aromatic heterocycles. The molecule has 1 aromatic rings. The minimum absolute atomic E-state index is 0.150. The van der Waals surface area contributed by atoms with Crippen molar-refractivity contribution in [2.45, 2.75) is 18.8 Å². The zero-order chi connectivity index (χ0) is 12.8. The highest BCUT2D eigenvalue weighted by Gasteiger charge is 2.21. The largest absolute Gasteiger partial charge is 0.448 e. The molecule has 2 heterocycles. The van der Waals surface area contributed by atoms with E-state index >= 15 is 0 Å². The maximum Gasteiger partial charge on any atom is 0.273 e. The lowest BCUT2D eigenvalue weighted by Crippen LogP contribution is -2.29. The van der Waals surface area contributed by atoms with Crippen LogP contribution in [0.1, 0.15) is 35.1 Å². The smallest absolute Gasteiger partial charge is 0.273 e. The number of hydrogen-bond donors (Lipinski definition) is 2. The first kappa shape index (κ1) is 13.4. The zero-order valence-electron chi connectivity index (χ0n) is 10.6. The molecule has 0 aromatic carbocycles. The van der Waals surface area contributed by atoms with Crippen LogP contribution in [0.15, 0.2) is 10.7 Å². The molecule has 0 bridgehead atoms. The second kappa shape index (κ2) is 6.80. The van der Waals surface area contributed by atoms with Gasteiger partial charge in [-0.2, -0.15) is 11.8 Å². The van der Waals surface area contributed by atoms with Crippen molar-refractivity contribution in [3.63, 3.8) is 0 Å². The number of hydrogen-bond acceptors (Lipinski definition) is 5. The van der Waals surface area contributed by atoms with Crippen LogP contribution in [0.3, 0.4) is 0 Å². The summed E-state index contributed by atoms with van der Waals surface area (Å²) in [6, 6.07) is 0. The molecular weight excluding hydrogens is 250 g/mol. The summed E-state index contributed by atoms with van der Waals surface area (Å²) >= 11 is 1.70. The van der Waals surface area contributed by atoms with Crippen LogP contribution in [-0.2, 0) is 0 Å². The Labute approximate surface area is 111 Å². The molecule has 1 unspecified atom stereocenters. The summed E-state index contributed by atoms with van der Waals surface area (Å²) in [6.07, 6.45) is 5.66. The molecule has 100 valence electrons. The van der Waals surface area contributed by atoms with Gasteiger partial charge in [-0.15, -0.1) is 0 Å². The average molecular weight is 269 g/mol. The second-order valence-electron chi connectivity index (χ2n) is 4.36. The Hall–Kier alpha value is -1.01. The Kier molecular flexibility index (Phi) is 5.07. The lowest BCUT2D eigenvalue weighted by atomic mass is 10.00. The van der Waals surface area contributed by atoms with Crippen LogP contribution in [0.4, 0.5) is 0 Å². The molecule has 0 saturated carbocycles. The molecule has 2 N–H and O–H groups in total. The molecule has 1 saturated heterocycles. The van der Waals surface area contributed by atoms with Crippen molar-refractivity contribution in [3.05, 3.63) is 17.8 Å². The molecule has 1 atom stereocenters. The highest BCUT2D eigenvalue weighted by molar-refractivity contribution is 7.98. The molecule has 6 heteroatoms. The van der Waals surface area contributed by atoms with Crippen molar-refractivity contribution in [1.29, 1.82) is 0 Å². The number of nitrogens with zero attached hydrogens (tertiary/aromatic N) is 1. The Bertz CT molecular complexity index is 388. The average Bonchev–Trinajstić information content (AvgIpc) is 2.89. The van der Waals surface area contributed by atoms with E-state index in [4.69, 9.17) is 4.42 Å². The van der Waals surface area contributed by atoms with Crippen LogP contribution < -0.4 is 10.6 Å². The van der Waals surface area contributed by atoms with Gasteiger partial charge >= 0.3 is 0 Å². The summed E-state index contributed by atoms with van der Waals surface area (Å²) in [7, 11) is 0. The number of aromatic nitrogens is 1. The van der Waals surface area contributed by atoms with E-state index in [-0.39, 0.29) is 5.91 Å². The van der Waals surface area contributed by atoms with Crippen LogP contribution >= 0.6 is 11.8 Å². The summed E-state index contributed by atoms with van der Waals surface area (Å²) in [5.74, 6) is 1.73. The van der Waals surface area contributed by atoms with E-state index in [1.165, 1.54) is 6.26 Å². The van der Waals surface area contributed by atoms with Gasteiger partial charge in [-0.05, 0) is 25.6 Å². The molecule has 0 spiro atoms. The second-order valence-corrected chi connectivity index (χ2v) is 5.35. The molecule has 0 aliphatic carbocycles. The molecule has 1 aliphatic heterocycles. The van der Waals surface area contributed by atoms with E-state index in [1.54, 1.807) is 11.8 Å². The standard InChI is InChI=1S/C12H19N3O2S/c1-18-6-5-14-11(16)10-8-17-12(15-10)9-3-2-4-13-7-9/h8-9,13H,2-7H2,1H3,(H,14,16). The molecule has 1 aliphatic rings. The summed E-state index contributed by atoms with van der Waals surface area (Å²) < 4.78 is 5.41. The third kappa shape index (κ3) is 3.49. The maximum atomic E-state index is 11.8. The molecule has 2 rings (SSSR count). The van der Waals surface area contributed by atoms with Crippen LogP contribution in [0.2, 0.25) is 0 Å². The van der Waals surface area contributed by atoms with E-state index < -0.39 is 0 Å². The normalized spacial score (nSPS) is 19.7. The Morgan fingerprint density at radius 3 is 3.33 bits per heavy atom. The minimum Gasteiger partial charge on any atom is -0.448 e. The molecular formula is C12H19N3O2S. The monoisotopic (exact) mass is 269 g/mol. The first-order valence-electron chi connectivity index (χ1n) is 6.24. The topological polar surface area (TPSA) is 67.2 Å². The van der Waals surface area contributed by atoms with Crippen LogP contribution in [0, 0.1) is 0 Å². The maximum absolute atomic E-state index is 11.8. The lowest BCUT2D eigenvalue weighted by Gasteiger charge is -2.19. The number of oxazole rings is 1. The van der Waals surface area contributed by atoms with Gasteiger partial charge in [0, 0.05) is 24.8 Å². The number of carbonyl (C=O) groups is 1. The summed E-state index contributed by atoms with van der Waals surface area (Å²) in [6.45, 7) is 2.60. The Morgan fingerprint density at radius 2 is 2.61 bits per heavy atom. The number of rotatable bonds is 5. The lowest BCUT2D eigenvalue weighted by molar-refractivity contribution is 0.0951. The van der Waals surface area contributed by atoms with Gasteiger partial charge in [-0.1, -0.05) is 0 Å². The van der Waals surface area contributed by atoms with Crippen molar-refractivity contribution >= 4 is 17.7 Å². The van der Waals surface area contributed by atoms with Crippen molar-refractivity contribution in [1.82, 2.24) is 15.6 Å². The van der Waals surface area contributed by atoms with Gasteiger partial charge < -0.3 is 15.1 Å². The Morgan fingerprint density at radius 1 is 1.72 bits per heavy atom. The van der Waals surface area contributed by atoms with Crippen molar-refractivity contribution in [3.8, 4) is 0 Å². The van der Waals surface area contributed by atoms with E-state index in [1.807, 2.05) is 6.26 Å². The highest BCUT2D eigenvalue weighted by Crippen LogP contribution is 2.22. The van der Waals surface area contributed by atoms with E-state index in [0.717, 1.165) is 31.7 Å². The van der Waals surface area contributed by atoms with Crippen LogP contribution in [0.5, 0.6) is 0 Å². The molecule has 5 nitrogen and oxygen atoms in total. The minimum atomic E-state index is -0.150. The number of thioether (sulfide) groups is 1. The fraction of sp³-hybridized carbons (Fsp3) is 0.667. The van der Waals surface area contributed by atoms with E-state index in [0.29, 0.717) is 24.0 Å². The third-order valence-corrected chi connectivity index (χ3v) is 3.60. The third-order valence-electron chi connectivity index (χ3n) is 2.99. The van der Waals surface area contributed by atoms with Crippen LogP contribution in [0.25, 0.3) is 0 Å². The summed E-state index contributed by atoms with van der Waals surface area (Å²) in [4.78, 5) is 16.0. The first-order chi connectivity index (χ1) is 8.81. The molecule has 1 fully saturated rings. The fourth-order valence-electron chi connectivity index (χ4n) is 2.00. The van der Waals surface area contributed by atoms with Gasteiger partial charge in [-0.25, -0.2) is 4.98 Å². The first-order valence-corrected chi connectivity index (χ1v) is 7.64. The van der Waals surface area contributed by atoms with E-state index in [9.17, 15) is 4.79 Å².